The minimum Gasteiger partial charge on any atom is -0.462 e. The summed E-state index contributed by atoms with van der Waals surface area (Å²) in [5.74, 6) is -0.582. The molecule has 0 amide bonds. The molecule has 1 saturated carbocycles. The average molecular weight is 309 g/mol. The van der Waals surface area contributed by atoms with Crippen LogP contribution in [0.3, 0.4) is 0 Å². The van der Waals surface area contributed by atoms with Crippen LogP contribution in [-0.4, -0.2) is 29.0 Å². The quantitative estimate of drug-likeness (QED) is 0.474. The number of Topliss-reactive ketones (excluding diaryl/α,β-unsaturated/α-hetero) is 1. The molecule has 0 N–H and O–H groups in total. The third kappa shape index (κ3) is 4.09. The Kier molecular flexibility index (Phi) is 4.85. The number of hydrogen-bond acceptors (Lipinski definition) is 5. The number of carbonyl (C=O) groups is 2. The lowest BCUT2D eigenvalue weighted by molar-refractivity contribution is -0.384. The normalized spacial score (nSPS) is 17.0. The Balaban J connectivity index is 1.82. The summed E-state index contributed by atoms with van der Waals surface area (Å²) in [5, 5.41) is 10.5. The van der Waals surface area contributed by atoms with Gasteiger partial charge in [0, 0.05) is 31.4 Å². The zero-order valence-corrected chi connectivity index (χ0v) is 11.9. The lowest BCUT2D eigenvalue weighted by atomic mass is 9.84. The van der Waals surface area contributed by atoms with Crippen LogP contribution in [0.15, 0.2) is 24.3 Å². The fraction of sp³-hybridized carbons (Fsp3) is 0.467. The van der Waals surface area contributed by atoms with Crippen molar-refractivity contribution in [1.29, 1.82) is 0 Å². The zero-order valence-electron chi connectivity index (χ0n) is 11.9. The molecule has 0 bridgehead atoms. The molecule has 1 aliphatic carbocycles. The lowest BCUT2D eigenvalue weighted by Crippen LogP contribution is -2.31. The first kappa shape index (κ1) is 16.1. The van der Waals surface area contributed by atoms with E-state index in [1.807, 2.05) is 0 Å². The van der Waals surface area contributed by atoms with E-state index in [0.717, 1.165) is 0 Å². The van der Waals surface area contributed by atoms with Crippen LogP contribution in [0, 0.1) is 10.1 Å². The SMILES string of the molecule is O=C1CCC(F)(CCOC(=O)c2ccc([N+](=O)[O-])cc2)CC1. The van der Waals surface area contributed by atoms with Crippen LogP contribution < -0.4 is 0 Å². The predicted molar refractivity (Wildman–Crippen MR) is 75.3 cm³/mol. The van der Waals surface area contributed by atoms with Crippen LogP contribution >= 0.6 is 0 Å². The summed E-state index contributed by atoms with van der Waals surface area (Å²) in [7, 11) is 0. The van der Waals surface area contributed by atoms with Crippen molar-refractivity contribution in [2.75, 3.05) is 6.61 Å². The summed E-state index contributed by atoms with van der Waals surface area (Å²) in [6, 6.07) is 5.01. The van der Waals surface area contributed by atoms with Gasteiger partial charge in [0.25, 0.3) is 5.69 Å². The number of ether oxygens (including phenoxy) is 1. The second-order valence-corrected chi connectivity index (χ2v) is 5.38. The molecule has 1 fully saturated rings. The molecule has 118 valence electrons. The third-order valence-electron chi connectivity index (χ3n) is 3.80. The van der Waals surface area contributed by atoms with E-state index in [4.69, 9.17) is 4.74 Å². The minimum atomic E-state index is -1.45. The molecule has 22 heavy (non-hydrogen) atoms. The molecule has 0 unspecified atom stereocenters. The van der Waals surface area contributed by atoms with E-state index in [0.29, 0.717) is 0 Å². The summed E-state index contributed by atoms with van der Waals surface area (Å²) in [4.78, 5) is 32.8. The molecular formula is C15H16FNO5. The topological polar surface area (TPSA) is 86.5 Å². The molecule has 0 heterocycles. The summed E-state index contributed by atoms with van der Waals surface area (Å²) >= 11 is 0. The molecule has 0 aliphatic heterocycles. The smallest absolute Gasteiger partial charge is 0.338 e. The highest BCUT2D eigenvalue weighted by Gasteiger charge is 2.34. The van der Waals surface area contributed by atoms with Crippen LogP contribution in [0.4, 0.5) is 10.1 Å². The molecular weight excluding hydrogens is 293 g/mol. The van der Waals surface area contributed by atoms with Crippen molar-refractivity contribution in [1.82, 2.24) is 0 Å². The van der Waals surface area contributed by atoms with Crippen molar-refractivity contribution in [3.8, 4) is 0 Å². The molecule has 6 nitrogen and oxygen atoms in total. The van der Waals surface area contributed by atoms with Gasteiger partial charge < -0.3 is 4.74 Å². The molecule has 1 aromatic carbocycles. The number of ketones is 1. The van der Waals surface area contributed by atoms with Crippen molar-refractivity contribution in [2.24, 2.45) is 0 Å². The highest BCUT2D eigenvalue weighted by molar-refractivity contribution is 5.89. The number of rotatable bonds is 5. The van der Waals surface area contributed by atoms with Gasteiger partial charge in [-0.05, 0) is 25.0 Å². The fourth-order valence-corrected chi connectivity index (χ4v) is 2.36. The molecule has 0 saturated heterocycles. The van der Waals surface area contributed by atoms with E-state index >= 15 is 0 Å². The van der Waals surface area contributed by atoms with Crippen LogP contribution in [-0.2, 0) is 9.53 Å². The molecule has 0 radical (unpaired) electrons. The molecule has 7 heteroatoms. The first-order valence-electron chi connectivity index (χ1n) is 7.02. The van der Waals surface area contributed by atoms with Crippen molar-refractivity contribution in [3.63, 3.8) is 0 Å². The summed E-state index contributed by atoms with van der Waals surface area (Å²) in [6.45, 7) is -0.0828. The number of carbonyl (C=O) groups excluding carboxylic acids is 2. The van der Waals surface area contributed by atoms with Gasteiger partial charge in [0.2, 0.25) is 0 Å². The maximum absolute atomic E-state index is 14.3. The summed E-state index contributed by atoms with van der Waals surface area (Å²) in [6.07, 6.45) is 0.848. The van der Waals surface area contributed by atoms with E-state index in [1.54, 1.807) is 0 Å². The maximum Gasteiger partial charge on any atom is 0.338 e. The second-order valence-electron chi connectivity index (χ2n) is 5.38. The molecule has 1 aliphatic rings. The summed E-state index contributed by atoms with van der Waals surface area (Å²) < 4.78 is 19.3. The molecule has 0 atom stereocenters. The van der Waals surface area contributed by atoms with E-state index in [1.165, 1.54) is 24.3 Å². The van der Waals surface area contributed by atoms with Gasteiger partial charge in [-0.1, -0.05) is 0 Å². The number of nitrogens with zero attached hydrogens (tertiary/aromatic N) is 1. The van der Waals surface area contributed by atoms with Crippen LogP contribution in [0.5, 0.6) is 0 Å². The number of benzene rings is 1. The van der Waals surface area contributed by atoms with E-state index in [9.17, 15) is 24.1 Å². The number of nitro groups is 1. The van der Waals surface area contributed by atoms with Gasteiger partial charge in [-0.2, -0.15) is 0 Å². The van der Waals surface area contributed by atoms with Crippen molar-refractivity contribution < 1.29 is 23.6 Å². The molecule has 2 rings (SSSR count). The van der Waals surface area contributed by atoms with Gasteiger partial charge in [-0.25, -0.2) is 9.18 Å². The van der Waals surface area contributed by atoms with E-state index in [-0.39, 0.29) is 55.7 Å². The van der Waals surface area contributed by atoms with Crippen molar-refractivity contribution in [3.05, 3.63) is 39.9 Å². The van der Waals surface area contributed by atoms with Gasteiger partial charge in [0.1, 0.15) is 11.5 Å². The van der Waals surface area contributed by atoms with Gasteiger partial charge in [0.15, 0.2) is 0 Å². The predicted octanol–water partition coefficient (Wildman–Crippen LogP) is 2.99. The van der Waals surface area contributed by atoms with Gasteiger partial charge >= 0.3 is 5.97 Å². The minimum absolute atomic E-state index is 0.0546. The van der Waals surface area contributed by atoms with E-state index in [2.05, 4.69) is 0 Å². The highest BCUT2D eigenvalue weighted by Crippen LogP contribution is 2.33. The number of halogens is 1. The Hall–Kier alpha value is -2.31. The molecule has 1 aromatic rings. The van der Waals surface area contributed by atoms with Crippen LogP contribution in [0.2, 0.25) is 0 Å². The maximum atomic E-state index is 14.3. The molecule has 0 spiro atoms. The van der Waals surface area contributed by atoms with Gasteiger partial charge in [-0.15, -0.1) is 0 Å². The number of nitro benzene ring substituents is 1. The van der Waals surface area contributed by atoms with Crippen LogP contribution in [0.1, 0.15) is 42.5 Å². The van der Waals surface area contributed by atoms with Crippen molar-refractivity contribution in [2.45, 2.75) is 37.8 Å². The largest absolute Gasteiger partial charge is 0.462 e. The fourth-order valence-electron chi connectivity index (χ4n) is 2.36. The van der Waals surface area contributed by atoms with Gasteiger partial charge in [0.05, 0.1) is 17.1 Å². The Labute approximate surface area is 126 Å². The Morgan fingerprint density at radius 1 is 1.27 bits per heavy atom. The third-order valence-corrected chi connectivity index (χ3v) is 3.80. The first-order chi connectivity index (χ1) is 10.4. The van der Waals surface area contributed by atoms with Crippen molar-refractivity contribution >= 4 is 17.4 Å². The Morgan fingerprint density at radius 2 is 1.86 bits per heavy atom. The Bertz CT molecular complexity index is 574. The Morgan fingerprint density at radius 3 is 2.41 bits per heavy atom. The zero-order chi connectivity index (χ0) is 16.2. The standard InChI is InChI=1S/C15H16FNO5/c16-15(7-5-13(18)6-8-15)9-10-22-14(19)11-1-3-12(4-2-11)17(20)21/h1-4H,5-10H2. The second kappa shape index (κ2) is 6.64. The van der Waals surface area contributed by atoms with Crippen LogP contribution in [0.25, 0.3) is 0 Å². The number of alkyl halides is 1. The highest BCUT2D eigenvalue weighted by atomic mass is 19.1. The monoisotopic (exact) mass is 309 g/mol. The number of esters is 1. The average Bonchev–Trinajstić information content (AvgIpc) is 2.50. The van der Waals surface area contributed by atoms with Gasteiger partial charge in [-0.3, -0.25) is 14.9 Å². The number of hydrogen-bond donors (Lipinski definition) is 0. The first-order valence-corrected chi connectivity index (χ1v) is 7.02. The number of non-ortho nitro benzene ring substituents is 1. The molecule has 0 aromatic heterocycles. The summed E-state index contributed by atoms with van der Waals surface area (Å²) in [5.41, 5.74) is -1.40. The lowest BCUT2D eigenvalue weighted by Gasteiger charge is -2.28. The van der Waals surface area contributed by atoms with E-state index < -0.39 is 16.6 Å².